The highest BCUT2D eigenvalue weighted by Gasteiger charge is 2.47. The molecule has 1 saturated heterocycles. The van der Waals surface area contributed by atoms with Gasteiger partial charge in [0.2, 0.25) is 5.91 Å². The Bertz CT molecular complexity index is 701. The third-order valence-corrected chi connectivity index (χ3v) is 6.02. The van der Waals surface area contributed by atoms with E-state index in [9.17, 15) is 4.79 Å². The van der Waals surface area contributed by atoms with Gasteiger partial charge >= 0.3 is 0 Å². The highest BCUT2D eigenvalue weighted by molar-refractivity contribution is 5.87. The average Bonchev–Trinajstić information content (AvgIpc) is 3.43. The van der Waals surface area contributed by atoms with Gasteiger partial charge in [0.05, 0.1) is 12.4 Å². The first kappa shape index (κ1) is 17.3. The Labute approximate surface area is 155 Å². The first-order valence-electron chi connectivity index (χ1n) is 9.85. The van der Waals surface area contributed by atoms with E-state index in [1.165, 1.54) is 12.8 Å². The number of benzene rings is 1. The first-order chi connectivity index (χ1) is 12.8. The quantitative estimate of drug-likeness (QED) is 0.869. The van der Waals surface area contributed by atoms with Gasteiger partial charge in [0.15, 0.2) is 0 Å². The lowest BCUT2D eigenvalue weighted by molar-refractivity contribution is -0.133. The van der Waals surface area contributed by atoms with E-state index in [1.807, 2.05) is 35.3 Å². The third kappa shape index (κ3) is 3.40. The smallest absolute Gasteiger partial charge is 0.241 e. The number of carbonyl (C=O) groups excluding carboxylic acids is 1. The van der Waals surface area contributed by atoms with Crippen LogP contribution in [0.3, 0.4) is 0 Å². The normalized spacial score (nSPS) is 20.9. The number of imidazole rings is 1. The number of carbonyl (C=O) groups is 1. The zero-order chi connectivity index (χ0) is 17.8. The summed E-state index contributed by atoms with van der Waals surface area (Å²) in [6.45, 7) is 2.82. The van der Waals surface area contributed by atoms with E-state index in [0.717, 1.165) is 44.3 Å². The van der Waals surface area contributed by atoms with Crippen LogP contribution in [0.25, 0.3) is 0 Å². The molecule has 2 aliphatic rings. The molecular weight excluding hydrogens is 324 g/mol. The molecule has 1 aliphatic heterocycles. The van der Waals surface area contributed by atoms with Crippen molar-refractivity contribution in [1.82, 2.24) is 19.8 Å². The van der Waals surface area contributed by atoms with E-state index >= 15 is 0 Å². The van der Waals surface area contributed by atoms with Crippen molar-refractivity contribution in [3.8, 4) is 0 Å². The maximum atomic E-state index is 13.5. The minimum atomic E-state index is -0.293. The van der Waals surface area contributed by atoms with Crippen LogP contribution in [0.4, 0.5) is 0 Å². The number of likely N-dealkylation sites (tertiary alicyclic amines) is 1. The summed E-state index contributed by atoms with van der Waals surface area (Å²) in [5.74, 6) is 0.214. The predicted octanol–water partition coefficient (Wildman–Crippen LogP) is 3.15. The van der Waals surface area contributed by atoms with Crippen LogP contribution in [0.15, 0.2) is 49.1 Å². The molecule has 1 N–H and O–H groups in total. The molecule has 0 radical (unpaired) electrons. The van der Waals surface area contributed by atoms with E-state index in [4.69, 9.17) is 0 Å². The molecule has 1 aromatic heterocycles. The second-order valence-corrected chi connectivity index (χ2v) is 7.63. The number of amides is 1. The van der Waals surface area contributed by atoms with Gasteiger partial charge in [-0.1, -0.05) is 43.2 Å². The summed E-state index contributed by atoms with van der Waals surface area (Å²) < 4.78 is 2.04. The topological polar surface area (TPSA) is 50.2 Å². The fourth-order valence-electron chi connectivity index (χ4n) is 4.61. The lowest BCUT2D eigenvalue weighted by atomic mass is 9.93. The highest BCUT2D eigenvalue weighted by atomic mass is 16.2. The van der Waals surface area contributed by atoms with Crippen molar-refractivity contribution in [3.05, 3.63) is 54.6 Å². The minimum Gasteiger partial charge on any atom is -0.346 e. The Morgan fingerprint density at radius 2 is 1.85 bits per heavy atom. The van der Waals surface area contributed by atoms with E-state index < -0.39 is 0 Å². The summed E-state index contributed by atoms with van der Waals surface area (Å²) in [5, 5.41) is 3.40. The van der Waals surface area contributed by atoms with Gasteiger partial charge in [-0.3, -0.25) is 9.69 Å². The van der Waals surface area contributed by atoms with Crippen molar-refractivity contribution in [1.29, 1.82) is 0 Å². The Balaban J connectivity index is 1.56. The van der Waals surface area contributed by atoms with Gasteiger partial charge in [0.1, 0.15) is 5.54 Å². The van der Waals surface area contributed by atoms with Crippen LogP contribution >= 0.6 is 0 Å². The molecule has 1 aliphatic carbocycles. The summed E-state index contributed by atoms with van der Waals surface area (Å²) in [6.07, 6.45) is 12.3. The lowest BCUT2D eigenvalue weighted by Gasteiger charge is -2.38. The molecule has 0 bridgehead atoms. The van der Waals surface area contributed by atoms with Crippen LogP contribution in [-0.2, 0) is 11.3 Å². The zero-order valence-corrected chi connectivity index (χ0v) is 15.3. The van der Waals surface area contributed by atoms with Crippen molar-refractivity contribution < 1.29 is 4.79 Å². The van der Waals surface area contributed by atoms with Gasteiger partial charge < -0.3 is 9.88 Å². The molecule has 1 amide bonds. The van der Waals surface area contributed by atoms with Gasteiger partial charge in [-0.05, 0) is 44.3 Å². The number of aromatic nitrogens is 2. The molecule has 1 atom stereocenters. The standard InChI is InChI=1S/C21H28N4O/c26-20(21(10-4-5-11-21)25-13-6-7-14-25)23-19(16-24-15-12-22-17-24)18-8-2-1-3-9-18/h1-3,8-9,12,15,17,19H,4-7,10-11,13-14,16H2,(H,23,26). The molecular formula is C21H28N4O. The Morgan fingerprint density at radius 1 is 1.12 bits per heavy atom. The van der Waals surface area contributed by atoms with E-state index in [-0.39, 0.29) is 17.5 Å². The third-order valence-electron chi connectivity index (χ3n) is 6.02. The molecule has 2 heterocycles. The van der Waals surface area contributed by atoms with Crippen molar-refractivity contribution in [3.63, 3.8) is 0 Å². The maximum Gasteiger partial charge on any atom is 0.241 e. The SMILES string of the molecule is O=C(NC(Cn1ccnc1)c1ccccc1)C1(N2CCCC2)CCCC1. The van der Waals surface area contributed by atoms with Crippen molar-refractivity contribution >= 4 is 5.91 Å². The Hall–Kier alpha value is -2.14. The molecule has 138 valence electrons. The van der Waals surface area contributed by atoms with Gasteiger partial charge in [0.25, 0.3) is 0 Å². The lowest BCUT2D eigenvalue weighted by Crippen LogP contribution is -2.57. The maximum absolute atomic E-state index is 13.5. The van der Waals surface area contributed by atoms with Gasteiger partial charge in [-0.15, -0.1) is 0 Å². The highest BCUT2D eigenvalue weighted by Crippen LogP contribution is 2.38. The van der Waals surface area contributed by atoms with Crippen LogP contribution in [0.1, 0.15) is 50.1 Å². The van der Waals surface area contributed by atoms with E-state index in [1.54, 1.807) is 6.20 Å². The van der Waals surface area contributed by atoms with Gasteiger partial charge in [-0.25, -0.2) is 4.98 Å². The van der Waals surface area contributed by atoms with Crippen LogP contribution < -0.4 is 5.32 Å². The summed E-state index contributed by atoms with van der Waals surface area (Å²) in [4.78, 5) is 20.1. The van der Waals surface area contributed by atoms with Crippen molar-refractivity contribution in [2.24, 2.45) is 0 Å². The molecule has 5 nitrogen and oxygen atoms in total. The minimum absolute atomic E-state index is 0.0435. The second-order valence-electron chi connectivity index (χ2n) is 7.63. The van der Waals surface area contributed by atoms with Crippen LogP contribution in [0, 0.1) is 0 Å². The van der Waals surface area contributed by atoms with Crippen molar-refractivity contribution in [2.75, 3.05) is 13.1 Å². The summed E-state index contributed by atoms with van der Waals surface area (Å²) in [5.41, 5.74) is 0.850. The molecule has 2 aromatic rings. The van der Waals surface area contributed by atoms with E-state index in [2.05, 4.69) is 27.3 Å². The number of nitrogens with one attached hydrogen (secondary N) is 1. The Kier molecular flexibility index (Phi) is 5.07. The number of hydrogen-bond acceptors (Lipinski definition) is 3. The number of hydrogen-bond donors (Lipinski definition) is 1. The van der Waals surface area contributed by atoms with Gasteiger partial charge in [-0.2, -0.15) is 0 Å². The number of nitrogens with zero attached hydrogens (tertiary/aromatic N) is 3. The monoisotopic (exact) mass is 352 g/mol. The predicted molar refractivity (Wildman–Crippen MR) is 102 cm³/mol. The van der Waals surface area contributed by atoms with E-state index in [0.29, 0.717) is 6.54 Å². The van der Waals surface area contributed by atoms with Crippen molar-refractivity contribution in [2.45, 2.75) is 56.7 Å². The zero-order valence-electron chi connectivity index (χ0n) is 15.3. The molecule has 1 saturated carbocycles. The molecule has 1 aromatic carbocycles. The molecule has 2 fully saturated rings. The average molecular weight is 352 g/mol. The molecule has 4 rings (SSSR count). The van der Waals surface area contributed by atoms with Gasteiger partial charge in [0, 0.05) is 18.9 Å². The summed E-state index contributed by atoms with van der Waals surface area (Å²) in [6, 6.07) is 10.2. The number of rotatable bonds is 6. The second kappa shape index (κ2) is 7.62. The van der Waals surface area contributed by atoms with Crippen LogP contribution in [-0.4, -0.2) is 39.0 Å². The summed E-state index contributed by atoms with van der Waals surface area (Å²) in [7, 11) is 0. The molecule has 1 unspecified atom stereocenters. The van der Waals surface area contributed by atoms with Crippen LogP contribution in [0.5, 0.6) is 0 Å². The fraction of sp³-hybridized carbons (Fsp3) is 0.524. The first-order valence-corrected chi connectivity index (χ1v) is 9.85. The fourth-order valence-corrected chi connectivity index (χ4v) is 4.61. The molecule has 5 heteroatoms. The Morgan fingerprint density at radius 3 is 2.50 bits per heavy atom. The largest absolute Gasteiger partial charge is 0.346 e. The van der Waals surface area contributed by atoms with Crippen LogP contribution in [0.2, 0.25) is 0 Å². The summed E-state index contributed by atoms with van der Waals surface area (Å²) >= 11 is 0. The molecule has 26 heavy (non-hydrogen) atoms. The molecule has 0 spiro atoms.